The summed E-state index contributed by atoms with van der Waals surface area (Å²) in [4.78, 5) is 35.2. The van der Waals surface area contributed by atoms with Crippen LogP contribution >= 0.6 is 0 Å². The highest BCUT2D eigenvalue weighted by Gasteiger charge is 2.14. The van der Waals surface area contributed by atoms with Crippen molar-refractivity contribution >= 4 is 5.91 Å². The van der Waals surface area contributed by atoms with Crippen molar-refractivity contribution in [2.24, 2.45) is 0 Å². The maximum Gasteiger partial charge on any atom is 0.261 e. The van der Waals surface area contributed by atoms with Gasteiger partial charge in [0.05, 0.1) is 0 Å². The third-order valence-corrected chi connectivity index (χ3v) is 3.69. The maximum absolute atomic E-state index is 12.2. The number of carbonyl (C=O) groups is 1. The predicted octanol–water partition coefficient (Wildman–Crippen LogP) is 1.14. The number of hydrogen-bond acceptors (Lipinski definition) is 5. The predicted molar refractivity (Wildman–Crippen MR) is 92.2 cm³/mol. The molecule has 3 rings (SSSR count). The van der Waals surface area contributed by atoms with Crippen LogP contribution in [0, 0.1) is 13.8 Å². The fourth-order valence-electron chi connectivity index (χ4n) is 2.55. The number of rotatable bonds is 5. The summed E-state index contributed by atoms with van der Waals surface area (Å²) in [6.07, 6.45) is 3.84. The Balaban J connectivity index is 1.61. The minimum Gasteiger partial charge on any atom is -0.351 e. The Kier molecular flexibility index (Phi) is 4.69. The van der Waals surface area contributed by atoms with Gasteiger partial charge in [0, 0.05) is 36.6 Å². The first-order chi connectivity index (χ1) is 12.0. The van der Waals surface area contributed by atoms with Gasteiger partial charge in [-0.25, -0.2) is 4.98 Å². The van der Waals surface area contributed by atoms with Crippen LogP contribution in [0.25, 0.3) is 11.4 Å². The third kappa shape index (κ3) is 3.79. The lowest BCUT2D eigenvalue weighted by Crippen LogP contribution is -2.32. The first-order valence-electron chi connectivity index (χ1n) is 7.85. The summed E-state index contributed by atoms with van der Waals surface area (Å²) >= 11 is 0. The van der Waals surface area contributed by atoms with E-state index < -0.39 is 5.91 Å². The summed E-state index contributed by atoms with van der Waals surface area (Å²) < 4.78 is 0. The van der Waals surface area contributed by atoms with Gasteiger partial charge in [0.15, 0.2) is 5.82 Å². The molecule has 0 saturated heterocycles. The van der Waals surface area contributed by atoms with E-state index in [0.29, 0.717) is 30.2 Å². The van der Waals surface area contributed by atoms with Crippen LogP contribution in [-0.4, -0.2) is 37.6 Å². The molecule has 0 bridgehead atoms. The summed E-state index contributed by atoms with van der Waals surface area (Å²) in [6.45, 7) is 3.86. The zero-order chi connectivity index (χ0) is 17.8. The molecule has 8 heteroatoms. The number of H-pyrrole nitrogens is 2. The Morgan fingerprint density at radius 1 is 1.32 bits per heavy atom. The van der Waals surface area contributed by atoms with Crippen molar-refractivity contribution < 1.29 is 4.79 Å². The first-order valence-corrected chi connectivity index (χ1v) is 7.85. The van der Waals surface area contributed by atoms with Crippen molar-refractivity contribution in [1.82, 2.24) is 30.5 Å². The maximum atomic E-state index is 12.2. The van der Waals surface area contributed by atoms with Crippen LogP contribution in [0.5, 0.6) is 0 Å². The highest BCUT2D eigenvalue weighted by molar-refractivity contribution is 5.95. The van der Waals surface area contributed by atoms with Gasteiger partial charge in [-0.15, -0.1) is 0 Å². The van der Waals surface area contributed by atoms with Crippen molar-refractivity contribution in [2.45, 2.75) is 20.3 Å². The standard InChI is InChI=1S/C17H18N6O2/c1-10-8-11(2)20-17(25)14(10)16(24)19-7-5-13-21-15(23-22-13)12-4-3-6-18-9-12/h3-4,6,8-9H,5,7H2,1-2H3,(H,19,24)(H,20,25)(H,21,22,23). The second-order valence-electron chi connectivity index (χ2n) is 5.69. The Hall–Kier alpha value is -3.29. The fraction of sp³-hybridized carbons (Fsp3) is 0.235. The number of hydrogen-bond donors (Lipinski definition) is 3. The van der Waals surface area contributed by atoms with Gasteiger partial charge in [-0.3, -0.25) is 19.7 Å². The average molecular weight is 338 g/mol. The smallest absolute Gasteiger partial charge is 0.261 e. The molecular formula is C17H18N6O2. The Morgan fingerprint density at radius 3 is 2.88 bits per heavy atom. The summed E-state index contributed by atoms with van der Waals surface area (Å²) in [7, 11) is 0. The number of aromatic nitrogens is 5. The van der Waals surface area contributed by atoms with Crippen LogP contribution in [0.4, 0.5) is 0 Å². The largest absolute Gasteiger partial charge is 0.351 e. The first kappa shape index (κ1) is 16.6. The van der Waals surface area contributed by atoms with Crippen LogP contribution in [0.1, 0.15) is 27.4 Å². The molecule has 0 unspecified atom stereocenters. The topological polar surface area (TPSA) is 116 Å². The van der Waals surface area contributed by atoms with Gasteiger partial charge in [0.25, 0.3) is 11.5 Å². The molecule has 0 aliphatic carbocycles. The molecular weight excluding hydrogens is 320 g/mol. The fourth-order valence-corrected chi connectivity index (χ4v) is 2.55. The molecule has 3 aromatic rings. The molecule has 25 heavy (non-hydrogen) atoms. The van der Waals surface area contributed by atoms with Gasteiger partial charge in [-0.1, -0.05) is 0 Å². The molecule has 1 amide bonds. The number of carbonyl (C=O) groups excluding carboxylic acids is 1. The summed E-state index contributed by atoms with van der Waals surface area (Å²) in [6, 6.07) is 5.45. The molecule has 0 aliphatic heterocycles. The molecule has 0 aromatic carbocycles. The number of aryl methyl sites for hydroxylation is 2. The van der Waals surface area contributed by atoms with Gasteiger partial charge in [0.1, 0.15) is 11.4 Å². The van der Waals surface area contributed by atoms with Crippen molar-refractivity contribution in [3.05, 3.63) is 63.6 Å². The minimum absolute atomic E-state index is 0.138. The zero-order valence-electron chi connectivity index (χ0n) is 14.0. The third-order valence-electron chi connectivity index (χ3n) is 3.69. The van der Waals surface area contributed by atoms with E-state index in [1.807, 2.05) is 12.1 Å². The molecule has 3 heterocycles. The van der Waals surface area contributed by atoms with Gasteiger partial charge in [0.2, 0.25) is 0 Å². The summed E-state index contributed by atoms with van der Waals surface area (Å²) in [5, 5.41) is 9.71. The molecule has 0 spiro atoms. The molecule has 0 fully saturated rings. The van der Waals surface area contributed by atoms with Crippen LogP contribution in [0.2, 0.25) is 0 Å². The number of nitrogens with one attached hydrogen (secondary N) is 3. The van der Waals surface area contributed by atoms with E-state index >= 15 is 0 Å². The lowest BCUT2D eigenvalue weighted by molar-refractivity contribution is 0.0952. The van der Waals surface area contributed by atoms with Gasteiger partial charge in [-0.05, 0) is 37.6 Å². The number of pyridine rings is 2. The van der Waals surface area contributed by atoms with E-state index in [-0.39, 0.29) is 11.1 Å². The number of amides is 1. The van der Waals surface area contributed by atoms with Gasteiger partial charge >= 0.3 is 0 Å². The normalized spacial score (nSPS) is 10.6. The zero-order valence-corrected chi connectivity index (χ0v) is 14.0. The Labute approximate surface area is 143 Å². The molecule has 0 radical (unpaired) electrons. The van der Waals surface area contributed by atoms with Crippen molar-refractivity contribution in [2.75, 3.05) is 6.54 Å². The quantitative estimate of drug-likeness (QED) is 0.645. The lowest BCUT2D eigenvalue weighted by Gasteiger charge is -2.06. The summed E-state index contributed by atoms with van der Waals surface area (Å²) in [5.74, 6) is 0.805. The van der Waals surface area contributed by atoms with Crippen LogP contribution in [0.3, 0.4) is 0 Å². The van der Waals surface area contributed by atoms with E-state index in [9.17, 15) is 9.59 Å². The average Bonchev–Trinajstić information content (AvgIpc) is 3.03. The van der Waals surface area contributed by atoms with Crippen LogP contribution in [-0.2, 0) is 6.42 Å². The number of aromatic amines is 2. The van der Waals surface area contributed by atoms with E-state index in [2.05, 4.69) is 30.5 Å². The second-order valence-corrected chi connectivity index (χ2v) is 5.69. The SMILES string of the molecule is Cc1cc(C)c(C(=O)NCCc2nc(-c3cccnc3)n[nH]2)c(=O)[nH]1. The number of nitrogens with zero attached hydrogens (tertiary/aromatic N) is 3. The molecule has 8 nitrogen and oxygen atoms in total. The highest BCUT2D eigenvalue weighted by atomic mass is 16.2. The molecule has 3 aromatic heterocycles. The minimum atomic E-state index is -0.397. The van der Waals surface area contributed by atoms with E-state index in [4.69, 9.17) is 0 Å². The molecule has 0 saturated carbocycles. The Bertz CT molecular complexity index is 945. The van der Waals surface area contributed by atoms with Crippen LogP contribution < -0.4 is 10.9 Å². The van der Waals surface area contributed by atoms with Gasteiger partial charge < -0.3 is 10.3 Å². The van der Waals surface area contributed by atoms with E-state index in [1.54, 1.807) is 32.3 Å². The van der Waals surface area contributed by atoms with E-state index in [0.717, 1.165) is 11.3 Å². The van der Waals surface area contributed by atoms with Gasteiger partial charge in [-0.2, -0.15) is 5.10 Å². The molecule has 0 atom stereocenters. The van der Waals surface area contributed by atoms with Crippen molar-refractivity contribution in [3.63, 3.8) is 0 Å². The second kappa shape index (κ2) is 7.08. The van der Waals surface area contributed by atoms with Crippen LogP contribution in [0.15, 0.2) is 35.4 Å². The van der Waals surface area contributed by atoms with E-state index in [1.165, 1.54) is 0 Å². The molecule has 3 N–H and O–H groups in total. The Morgan fingerprint density at radius 2 is 2.16 bits per heavy atom. The monoisotopic (exact) mass is 338 g/mol. The van der Waals surface area contributed by atoms with Crippen molar-refractivity contribution in [3.8, 4) is 11.4 Å². The molecule has 128 valence electrons. The van der Waals surface area contributed by atoms with Crippen molar-refractivity contribution in [1.29, 1.82) is 0 Å². The lowest BCUT2D eigenvalue weighted by atomic mass is 10.1. The highest BCUT2D eigenvalue weighted by Crippen LogP contribution is 2.12. The molecule has 0 aliphatic rings. The summed E-state index contributed by atoms with van der Waals surface area (Å²) in [5.41, 5.74) is 1.95.